The summed E-state index contributed by atoms with van der Waals surface area (Å²) in [5, 5.41) is 103. The fraction of sp³-hybridized carbons (Fsp3) is 0.956. The molecule has 0 bridgehead atoms. The third-order valence-corrected chi connectivity index (χ3v) is 19.2. The molecule has 0 amide bonds. The molecule has 0 aromatic heterocycles. The van der Waals surface area contributed by atoms with Crippen LogP contribution in [-0.2, 0) is 76.0 Å². The van der Waals surface area contributed by atoms with Crippen molar-refractivity contribution in [3.05, 3.63) is 0 Å². The third-order valence-electron chi connectivity index (χ3n) is 19.2. The first-order chi connectivity index (χ1) is 44.7. The minimum Gasteiger partial charge on any atom is -0.457 e. The Morgan fingerprint density at radius 3 is 1.49 bits per heavy atom. The summed E-state index contributed by atoms with van der Waals surface area (Å²) in [6, 6.07) is 0. The summed E-state index contributed by atoms with van der Waals surface area (Å²) >= 11 is 0. The third kappa shape index (κ3) is 24.2. The maximum atomic E-state index is 14.4. The van der Waals surface area contributed by atoms with Gasteiger partial charge in [0.05, 0.1) is 37.1 Å². The summed E-state index contributed by atoms with van der Waals surface area (Å²) in [6.07, 6.45) is -14.5. The Hall–Kier alpha value is -2.35. The number of fused-ring (bicyclic) bond motifs is 2. The van der Waals surface area contributed by atoms with E-state index in [9.17, 15) is 60.3 Å². The van der Waals surface area contributed by atoms with Gasteiger partial charge in [-0.3, -0.25) is 14.4 Å². The van der Waals surface area contributed by atoms with Gasteiger partial charge in [-0.1, -0.05) is 168 Å². The zero-order chi connectivity index (χ0) is 67.6. The van der Waals surface area contributed by atoms with E-state index in [1.165, 1.54) is 20.8 Å². The summed E-state index contributed by atoms with van der Waals surface area (Å²) in [7, 11) is 0. The maximum absolute atomic E-state index is 14.4. The van der Waals surface area contributed by atoms with Gasteiger partial charge in [-0.2, -0.15) is 0 Å². The molecule has 0 aromatic carbocycles. The van der Waals surface area contributed by atoms with E-state index in [0.29, 0.717) is 38.5 Å². The molecule has 0 aliphatic carbocycles. The molecule has 6 rings (SSSR count). The summed E-state index contributed by atoms with van der Waals surface area (Å²) in [5.41, 5.74) is 0. The molecule has 6 aliphatic heterocycles. The van der Waals surface area contributed by atoms with Crippen LogP contribution in [0.15, 0.2) is 0 Å². The van der Waals surface area contributed by atoms with E-state index in [4.69, 9.17) is 61.6 Å². The SMILES string of the molecule is CCCCCCCCCCCC(=O)O[C@@H]1[C@@H](O[C@@H]2[C@H](O)[C@H]3OC(=O)CCCCCCCCC[C@H](CCCCC)O[C@H]4O[C@H](C)[C@@H](O)[C@H](O)[C@H]4O[C@@H]3O[C@H]2C)O[C@@H](C)[C@H](O[C@@H]2O[C@@H](C)[C@H](OC(=O)CCCCCCCCC)[C@H](O)[C@H]2O)[C@@H]1O[C@H]1O[C@H](CO)[C@H](O)[C@H](O)[C@@H]1O. The average Bonchev–Trinajstić information content (AvgIpc) is 0.914. The lowest BCUT2D eigenvalue weighted by Crippen LogP contribution is -2.68. The quantitative estimate of drug-likeness (QED) is 0.0206. The lowest BCUT2D eigenvalue weighted by molar-refractivity contribution is -0.400. The van der Waals surface area contributed by atoms with Crippen molar-refractivity contribution in [3.8, 4) is 0 Å². The van der Waals surface area contributed by atoms with Crippen LogP contribution in [-0.4, -0.2) is 230 Å². The second-order valence-corrected chi connectivity index (χ2v) is 27.0. The van der Waals surface area contributed by atoms with Crippen LogP contribution in [0.4, 0.5) is 0 Å². The molecule has 542 valence electrons. The van der Waals surface area contributed by atoms with Crippen molar-refractivity contribution >= 4 is 17.9 Å². The van der Waals surface area contributed by atoms with Crippen LogP contribution < -0.4 is 0 Å². The zero-order valence-electron chi connectivity index (χ0n) is 56.7. The average molecular weight is 1340 g/mol. The van der Waals surface area contributed by atoms with Crippen LogP contribution in [0.25, 0.3) is 0 Å². The minimum atomic E-state index is -2.01. The fourth-order valence-electron chi connectivity index (χ4n) is 13.4. The molecule has 9 N–H and O–H groups in total. The number of rotatable bonds is 31. The molecule has 0 saturated carbocycles. The topological polar surface area (TPSA) is 353 Å². The van der Waals surface area contributed by atoms with E-state index in [1.807, 2.05) is 0 Å². The van der Waals surface area contributed by atoms with E-state index in [2.05, 4.69) is 20.8 Å². The monoisotopic (exact) mass is 1340 g/mol. The number of carbonyl (C=O) groups is 3. The summed E-state index contributed by atoms with van der Waals surface area (Å²) in [5.74, 6) is -2.07. The largest absolute Gasteiger partial charge is 0.457 e. The van der Waals surface area contributed by atoms with Gasteiger partial charge in [-0.05, 0) is 59.8 Å². The number of carbonyl (C=O) groups excluding carboxylic acids is 3. The smallest absolute Gasteiger partial charge is 0.306 e. The first-order valence-corrected chi connectivity index (χ1v) is 35.9. The van der Waals surface area contributed by atoms with Gasteiger partial charge in [-0.25, -0.2) is 0 Å². The molecule has 6 saturated heterocycles. The second-order valence-electron chi connectivity index (χ2n) is 27.0. The Morgan fingerprint density at radius 1 is 0.409 bits per heavy atom. The van der Waals surface area contributed by atoms with E-state index in [-0.39, 0.29) is 25.4 Å². The van der Waals surface area contributed by atoms with Crippen molar-refractivity contribution in [1.82, 2.24) is 0 Å². The van der Waals surface area contributed by atoms with Crippen molar-refractivity contribution in [3.63, 3.8) is 0 Å². The Morgan fingerprint density at radius 2 is 0.882 bits per heavy atom. The van der Waals surface area contributed by atoms with Gasteiger partial charge in [-0.15, -0.1) is 0 Å². The summed E-state index contributed by atoms with van der Waals surface area (Å²) in [4.78, 5) is 41.5. The highest BCUT2D eigenvalue weighted by Gasteiger charge is 2.59. The number of esters is 3. The van der Waals surface area contributed by atoms with E-state index < -0.39 is 178 Å². The molecule has 6 fully saturated rings. The Labute approximate surface area is 551 Å². The second kappa shape index (κ2) is 41.9. The van der Waals surface area contributed by atoms with Gasteiger partial charge in [0.1, 0.15) is 79.4 Å². The number of unbranched alkanes of at least 4 members (excludes halogenated alkanes) is 16. The molecule has 0 unspecified atom stereocenters. The first kappa shape index (κ1) is 79.6. The maximum Gasteiger partial charge on any atom is 0.306 e. The number of hydrogen-bond donors (Lipinski definition) is 9. The molecular weight excluding hydrogens is 1220 g/mol. The molecule has 0 radical (unpaired) electrons. The molecule has 6 aliphatic rings. The Balaban J connectivity index is 1.32. The highest BCUT2D eigenvalue weighted by molar-refractivity contribution is 5.70. The van der Waals surface area contributed by atoms with Gasteiger partial charge in [0.15, 0.2) is 49.8 Å². The van der Waals surface area contributed by atoms with Crippen LogP contribution >= 0.6 is 0 Å². The first-order valence-electron chi connectivity index (χ1n) is 35.9. The lowest BCUT2D eigenvalue weighted by atomic mass is 9.95. The van der Waals surface area contributed by atoms with Gasteiger partial charge in [0.2, 0.25) is 0 Å². The molecular formula is C68H120O25. The zero-order valence-corrected chi connectivity index (χ0v) is 56.7. The number of aliphatic hydroxyl groups is 9. The molecule has 26 atom stereocenters. The van der Waals surface area contributed by atoms with Crippen molar-refractivity contribution in [2.75, 3.05) is 6.61 Å². The van der Waals surface area contributed by atoms with Gasteiger partial charge >= 0.3 is 17.9 Å². The van der Waals surface area contributed by atoms with Crippen molar-refractivity contribution in [2.45, 2.75) is 407 Å². The van der Waals surface area contributed by atoms with E-state index in [1.54, 1.807) is 6.92 Å². The Kier molecular flexibility index (Phi) is 35.9. The van der Waals surface area contributed by atoms with Crippen molar-refractivity contribution in [2.24, 2.45) is 0 Å². The standard InChI is InChI=1S/C68H120O25/c1-8-11-14-16-18-19-23-27-33-38-48(72)89-63-62(93-65-54(78)51(75)50(74)45(39-69)86-65)59(91-64-55(79)53(77)57(41(5)82-64)87-46(70)36-31-26-21-17-15-12-9-2)43(7)84-68(63)90-58-42(6)83-67-61(56(58)80)88-47(71)37-32-28-24-20-22-25-30-35-44(34-29-13-10-3)85-66-60(92-67)52(76)49(73)40(4)81-66/h40-45,49-69,73-80H,8-39H2,1-7H3/t40-,41+,42+,43+,44+,45-,49-,50+,51+,52+,53-,54+,55-,56+,57+,58+,59+,60-,61-,62+,63+,64+,65-,66-,67+,68-/m1/s1. The number of aliphatic hydroxyl groups excluding tert-OH is 9. The van der Waals surface area contributed by atoms with Crippen LogP contribution in [0.5, 0.6) is 0 Å². The highest BCUT2D eigenvalue weighted by Crippen LogP contribution is 2.40. The number of hydrogen-bond acceptors (Lipinski definition) is 25. The normalized spacial score (nSPS) is 39.4. The predicted molar refractivity (Wildman–Crippen MR) is 335 cm³/mol. The Bertz CT molecular complexity index is 2080. The highest BCUT2D eigenvalue weighted by atomic mass is 16.8. The van der Waals surface area contributed by atoms with Crippen molar-refractivity contribution in [1.29, 1.82) is 0 Å². The predicted octanol–water partition coefficient (Wildman–Crippen LogP) is 6.40. The molecule has 0 spiro atoms. The molecule has 6 heterocycles. The minimum absolute atomic E-state index is 0.0352. The van der Waals surface area contributed by atoms with Crippen LogP contribution in [0.3, 0.4) is 0 Å². The van der Waals surface area contributed by atoms with Gasteiger partial charge in [0.25, 0.3) is 0 Å². The molecule has 25 heteroatoms. The summed E-state index contributed by atoms with van der Waals surface area (Å²) in [6.45, 7) is 11.7. The molecule has 0 aromatic rings. The lowest BCUT2D eigenvalue weighted by Gasteiger charge is -2.51. The van der Waals surface area contributed by atoms with E-state index in [0.717, 1.165) is 141 Å². The van der Waals surface area contributed by atoms with Crippen molar-refractivity contribution < 1.29 is 122 Å². The fourth-order valence-corrected chi connectivity index (χ4v) is 13.4. The molecule has 25 nitrogen and oxygen atoms in total. The van der Waals surface area contributed by atoms with Crippen LogP contribution in [0, 0.1) is 0 Å². The van der Waals surface area contributed by atoms with E-state index >= 15 is 0 Å². The van der Waals surface area contributed by atoms with Crippen LogP contribution in [0.2, 0.25) is 0 Å². The van der Waals surface area contributed by atoms with Crippen LogP contribution in [0.1, 0.15) is 248 Å². The van der Waals surface area contributed by atoms with Gasteiger partial charge < -0.3 is 108 Å². The molecule has 93 heavy (non-hydrogen) atoms. The summed E-state index contributed by atoms with van der Waals surface area (Å²) < 4.78 is 82.6. The number of ether oxygens (including phenoxy) is 13. The van der Waals surface area contributed by atoms with Gasteiger partial charge in [0, 0.05) is 19.3 Å².